The maximum Gasteiger partial charge on any atom is 0.234 e. The standard InChI is InChI=1S/C15H11BrN2OS/c16-12-6-7-14(11(8-12)9-17)18-15(19)10-20-13-4-2-1-3-5-13/h1-8H,10H2,(H,18,19). The van der Waals surface area contributed by atoms with Crippen molar-refractivity contribution >= 4 is 39.3 Å². The van der Waals surface area contributed by atoms with Gasteiger partial charge in [0.2, 0.25) is 5.91 Å². The number of nitrogens with zero attached hydrogens (tertiary/aromatic N) is 1. The smallest absolute Gasteiger partial charge is 0.234 e. The van der Waals surface area contributed by atoms with Crippen LogP contribution in [0.3, 0.4) is 0 Å². The summed E-state index contributed by atoms with van der Waals surface area (Å²) in [4.78, 5) is 12.9. The summed E-state index contributed by atoms with van der Waals surface area (Å²) in [6.07, 6.45) is 0. The number of nitrogens with one attached hydrogen (secondary N) is 1. The second kappa shape index (κ2) is 7.13. The van der Waals surface area contributed by atoms with E-state index >= 15 is 0 Å². The number of benzene rings is 2. The van der Waals surface area contributed by atoms with Crippen LogP contribution in [0, 0.1) is 11.3 Å². The number of nitriles is 1. The molecule has 3 nitrogen and oxygen atoms in total. The Hall–Kier alpha value is -1.77. The van der Waals surface area contributed by atoms with Crippen LogP contribution in [0.25, 0.3) is 0 Å². The molecule has 1 N–H and O–H groups in total. The van der Waals surface area contributed by atoms with Crippen molar-refractivity contribution in [2.45, 2.75) is 4.90 Å². The zero-order valence-electron chi connectivity index (χ0n) is 10.5. The minimum absolute atomic E-state index is 0.127. The lowest BCUT2D eigenvalue weighted by atomic mass is 10.2. The zero-order valence-corrected chi connectivity index (χ0v) is 12.9. The van der Waals surface area contributed by atoms with Gasteiger partial charge in [-0.25, -0.2) is 0 Å². The van der Waals surface area contributed by atoms with Gasteiger partial charge in [-0.1, -0.05) is 34.1 Å². The molecular weight excluding hydrogens is 336 g/mol. The van der Waals surface area contributed by atoms with E-state index in [1.807, 2.05) is 30.3 Å². The summed E-state index contributed by atoms with van der Waals surface area (Å²) in [5.41, 5.74) is 0.979. The van der Waals surface area contributed by atoms with Gasteiger partial charge in [-0.15, -0.1) is 11.8 Å². The number of halogens is 1. The van der Waals surface area contributed by atoms with Gasteiger partial charge in [-0.3, -0.25) is 4.79 Å². The second-order valence-electron chi connectivity index (χ2n) is 3.95. The molecule has 0 aliphatic carbocycles. The molecule has 2 rings (SSSR count). The van der Waals surface area contributed by atoms with Crippen molar-refractivity contribution in [3.63, 3.8) is 0 Å². The third kappa shape index (κ3) is 4.12. The maximum atomic E-state index is 11.9. The predicted octanol–water partition coefficient (Wildman–Crippen LogP) is 4.05. The van der Waals surface area contributed by atoms with Crippen LogP contribution in [-0.4, -0.2) is 11.7 Å². The van der Waals surface area contributed by atoms with Gasteiger partial charge in [0.15, 0.2) is 0 Å². The highest BCUT2D eigenvalue weighted by Crippen LogP contribution is 2.21. The molecule has 0 saturated carbocycles. The molecule has 0 fully saturated rings. The molecule has 2 aromatic rings. The Balaban J connectivity index is 1.97. The molecule has 20 heavy (non-hydrogen) atoms. The molecule has 2 aromatic carbocycles. The van der Waals surface area contributed by atoms with Gasteiger partial charge < -0.3 is 5.32 Å². The van der Waals surface area contributed by atoms with E-state index in [0.717, 1.165) is 9.37 Å². The van der Waals surface area contributed by atoms with Crippen LogP contribution in [-0.2, 0) is 4.79 Å². The van der Waals surface area contributed by atoms with Crippen molar-refractivity contribution in [3.05, 3.63) is 58.6 Å². The molecule has 0 atom stereocenters. The Kier molecular flexibility index (Phi) is 5.22. The highest BCUT2D eigenvalue weighted by Gasteiger charge is 2.07. The van der Waals surface area contributed by atoms with Gasteiger partial charge >= 0.3 is 0 Å². The molecule has 0 radical (unpaired) electrons. The molecule has 0 spiro atoms. The van der Waals surface area contributed by atoms with E-state index in [-0.39, 0.29) is 5.91 Å². The molecule has 0 aliphatic rings. The van der Waals surface area contributed by atoms with Crippen LogP contribution in [0.5, 0.6) is 0 Å². The number of rotatable bonds is 4. The largest absolute Gasteiger partial charge is 0.324 e. The van der Waals surface area contributed by atoms with Crippen molar-refractivity contribution in [1.29, 1.82) is 5.26 Å². The van der Waals surface area contributed by atoms with Crippen molar-refractivity contribution < 1.29 is 4.79 Å². The van der Waals surface area contributed by atoms with Crippen molar-refractivity contribution in [2.75, 3.05) is 11.1 Å². The third-order valence-corrected chi connectivity index (χ3v) is 3.99. The summed E-state index contributed by atoms with van der Waals surface area (Å²) < 4.78 is 0.811. The van der Waals surface area contributed by atoms with Gasteiger partial charge in [0.1, 0.15) is 6.07 Å². The van der Waals surface area contributed by atoms with Gasteiger partial charge in [0, 0.05) is 9.37 Å². The third-order valence-electron chi connectivity index (χ3n) is 2.49. The van der Waals surface area contributed by atoms with Crippen LogP contribution in [0.2, 0.25) is 0 Å². The lowest BCUT2D eigenvalue weighted by Gasteiger charge is -2.07. The molecule has 0 saturated heterocycles. The Labute approximate surface area is 130 Å². The monoisotopic (exact) mass is 346 g/mol. The summed E-state index contributed by atoms with van der Waals surface area (Å²) in [5, 5.41) is 11.8. The number of thioether (sulfide) groups is 1. The highest BCUT2D eigenvalue weighted by atomic mass is 79.9. The second-order valence-corrected chi connectivity index (χ2v) is 5.92. The van der Waals surface area contributed by atoms with Gasteiger partial charge in [0.05, 0.1) is 17.0 Å². The average molecular weight is 347 g/mol. The fourth-order valence-electron chi connectivity index (χ4n) is 1.57. The van der Waals surface area contributed by atoms with Gasteiger partial charge in [-0.05, 0) is 30.3 Å². The van der Waals surface area contributed by atoms with E-state index in [0.29, 0.717) is 17.0 Å². The Bertz CT molecular complexity index is 653. The number of amides is 1. The van der Waals surface area contributed by atoms with Crippen molar-refractivity contribution in [2.24, 2.45) is 0 Å². The number of carbonyl (C=O) groups excluding carboxylic acids is 1. The van der Waals surface area contributed by atoms with E-state index in [1.165, 1.54) is 11.8 Å². The number of anilines is 1. The first kappa shape index (κ1) is 14.6. The summed E-state index contributed by atoms with van der Waals surface area (Å²) in [7, 11) is 0. The summed E-state index contributed by atoms with van der Waals surface area (Å²) in [6, 6.07) is 17.0. The van der Waals surface area contributed by atoms with Crippen LogP contribution in [0.4, 0.5) is 5.69 Å². The molecule has 0 aliphatic heterocycles. The lowest BCUT2D eigenvalue weighted by Crippen LogP contribution is -2.14. The van der Waals surface area contributed by atoms with Crippen LogP contribution in [0.15, 0.2) is 57.9 Å². The fraction of sp³-hybridized carbons (Fsp3) is 0.0667. The quantitative estimate of drug-likeness (QED) is 0.849. The molecule has 0 aromatic heterocycles. The number of hydrogen-bond acceptors (Lipinski definition) is 3. The summed E-state index contributed by atoms with van der Waals surface area (Å²) in [5.74, 6) is 0.183. The molecule has 0 bridgehead atoms. The predicted molar refractivity (Wildman–Crippen MR) is 84.7 cm³/mol. The first-order valence-electron chi connectivity index (χ1n) is 5.86. The van der Waals surface area contributed by atoms with Crippen LogP contribution < -0.4 is 5.32 Å². The molecule has 0 unspecified atom stereocenters. The SMILES string of the molecule is N#Cc1cc(Br)ccc1NC(=O)CSc1ccccc1. The molecular formula is C15H11BrN2OS. The minimum Gasteiger partial charge on any atom is -0.324 e. The normalized spacial score (nSPS) is 9.80. The van der Waals surface area contributed by atoms with Gasteiger partial charge in [-0.2, -0.15) is 5.26 Å². The molecule has 100 valence electrons. The van der Waals surface area contributed by atoms with E-state index in [4.69, 9.17) is 5.26 Å². The zero-order chi connectivity index (χ0) is 14.4. The Morgan fingerprint density at radius 3 is 2.70 bits per heavy atom. The van der Waals surface area contributed by atoms with E-state index in [1.54, 1.807) is 18.2 Å². The Morgan fingerprint density at radius 1 is 1.25 bits per heavy atom. The first-order chi connectivity index (χ1) is 9.69. The average Bonchev–Trinajstić information content (AvgIpc) is 2.48. The first-order valence-corrected chi connectivity index (χ1v) is 7.64. The van der Waals surface area contributed by atoms with E-state index < -0.39 is 0 Å². The molecule has 0 heterocycles. The van der Waals surface area contributed by atoms with Crippen LogP contribution >= 0.6 is 27.7 Å². The topological polar surface area (TPSA) is 52.9 Å². The van der Waals surface area contributed by atoms with Crippen LogP contribution in [0.1, 0.15) is 5.56 Å². The van der Waals surface area contributed by atoms with E-state index in [2.05, 4.69) is 27.3 Å². The fourth-order valence-corrected chi connectivity index (χ4v) is 2.65. The summed E-state index contributed by atoms with van der Waals surface area (Å²) in [6.45, 7) is 0. The van der Waals surface area contributed by atoms with Gasteiger partial charge in [0.25, 0.3) is 0 Å². The Morgan fingerprint density at radius 2 is 2.00 bits per heavy atom. The van der Waals surface area contributed by atoms with Crippen molar-refractivity contribution in [3.8, 4) is 6.07 Å². The maximum absolute atomic E-state index is 11.9. The number of carbonyl (C=O) groups is 1. The minimum atomic E-state index is -0.127. The highest BCUT2D eigenvalue weighted by molar-refractivity contribution is 9.10. The van der Waals surface area contributed by atoms with E-state index in [9.17, 15) is 4.79 Å². The molecule has 1 amide bonds. The van der Waals surface area contributed by atoms with Crippen molar-refractivity contribution in [1.82, 2.24) is 0 Å². The number of hydrogen-bond donors (Lipinski definition) is 1. The lowest BCUT2D eigenvalue weighted by molar-refractivity contribution is -0.113. The molecule has 5 heteroatoms. The summed E-state index contributed by atoms with van der Waals surface area (Å²) >= 11 is 4.76.